The van der Waals surface area contributed by atoms with E-state index in [2.05, 4.69) is 15.0 Å². The van der Waals surface area contributed by atoms with Crippen LogP contribution in [0.4, 0.5) is 11.9 Å². The van der Waals surface area contributed by atoms with Gasteiger partial charge in [0.15, 0.2) is 0 Å². The van der Waals surface area contributed by atoms with E-state index in [1.165, 1.54) is 0 Å². The molecule has 0 aliphatic heterocycles. The third-order valence-electron chi connectivity index (χ3n) is 3.02. The number of nitrogen functional groups attached to an aromatic ring is 2. The molecule has 0 aliphatic carbocycles. The average molecular weight is 333 g/mol. The maximum Gasteiger partial charge on any atom is 0.364 e. The van der Waals surface area contributed by atoms with E-state index >= 15 is 0 Å². The lowest BCUT2D eigenvalue weighted by Crippen LogP contribution is -2.44. The van der Waals surface area contributed by atoms with Crippen molar-refractivity contribution in [2.24, 2.45) is 0 Å². The number of anilines is 2. The largest absolute Gasteiger partial charge is 0.396 e. The van der Waals surface area contributed by atoms with E-state index in [1.807, 2.05) is 0 Å². The summed E-state index contributed by atoms with van der Waals surface area (Å²) in [6, 6.07) is 0.773. The van der Waals surface area contributed by atoms with Crippen molar-refractivity contribution in [2.75, 3.05) is 43.4 Å². The van der Waals surface area contributed by atoms with Crippen LogP contribution in [0.1, 0.15) is 12.2 Å². The van der Waals surface area contributed by atoms with Crippen molar-refractivity contribution < 1.29 is 14.0 Å². The standard InChI is InChI=1S/C11H23N5O3SSi/c1-18-21(8-17,19-2)7-3-5-20-6-4-9-14-10(12)16-11(13)15-9/h17H,3-8H2,1-2H3,(H4,12,13,14,15,16). The zero-order valence-electron chi connectivity index (χ0n) is 12.4. The molecule has 0 atom stereocenters. The summed E-state index contributed by atoms with van der Waals surface area (Å²) in [6.45, 7) is 0. The highest BCUT2D eigenvalue weighted by molar-refractivity contribution is 7.99. The lowest BCUT2D eigenvalue weighted by atomic mass is 10.4. The summed E-state index contributed by atoms with van der Waals surface area (Å²) in [5.74, 6) is 2.75. The van der Waals surface area contributed by atoms with E-state index in [1.54, 1.807) is 26.0 Å². The lowest BCUT2D eigenvalue weighted by molar-refractivity contribution is 0.196. The molecule has 0 spiro atoms. The van der Waals surface area contributed by atoms with Gasteiger partial charge in [0, 0.05) is 26.4 Å². The Balaban J connectivity index is 2.23. The first-order valence-corrected chi connectivity index (χ1v) is 9.98. The van der Waals surface area contributed by atoms with Gasteiger partial charge in [-0.25, -0.2) is 0 Å². The topological polar surface area (TPSA) is 129 Å². The van der Waals surface area contributed by atoms with Gasteiger partial charge in [-0.15, -0.1) is 0 Å². The molecule has 0 unspecified atom stereocenters. The number of hydrogen-bond acceptors (Lipinski definition) is 9. The number of rotatable bonds is 10. The van der Waals surface area contributed by atoms with E-state index in [-0.39, 0.29) is 18.1 Å². The number of nitrogens with two attached hydrogens (primary N) is 2. The zero-order valence-corrected chi connectivity index (χ0v) is 14.2. The molecule has 1 aromatic rings. The van der Waals surface area contributed by atoms with Crippen LogP contribution in [0.25, 0.3) is 0 Å². The second-order valence-corrected chi connectivity index (χ2v) is 9.09. The van der Waals surface area contributed by atoms with Crippen molar-refractivity contribution in [3.05, 3.63) is 5.82 Å². The molecule has 0 saturated carbocycles. The molecular weight excluding hydrogens is 310 g/mol. The average Bonchev–Trinajstić information content (AvgIpc) is 2.46. The summed E-state index contributed by atoms with van der Waals surface area (Å²) in [4.78, 5) is 11.8. The van der Waals surface area contributed by atoms with Crippen LogP contribution in [-0.4, -0.2) is 60.6 Å². The van der Waals surface area contributed by atoms with E-state index in [9.17, 15) is 5.11 Å². The van der Waals surface area contributed by atoms with Crippen molar-refractivity contribution in [3.63, 3.8) is 0 Å². The number of aliphatic hydroxyl groups is 1. The number of hydrogen-bond donors (Lipinski definition) is 3. The van der Waals surface area contributed by atoms with Gasteiger partial charge in [-0.05, 0) is 18.2 Å². The Kier molecular flexibility index (Phi) is 7.89. The predicted octanol–water partition coefficient (Wildman–Crippen LogP) is -0.0317. The quantitative estimate of drug-likeness (QED) is 0.399. The van der Waals surface area contributed by atoms with Gasteiger partial charge in [0.2, 0.25) is 11.9 Å². The van der Waals surface area contributed by atoms with Gasteiger partial charge in [-0.3, -0.25) is 0 Å². The van der Waals surface area contributed by atoms with Gasteiger partial charge in [0.05, 0.1) is 6.23 Å². The first-order chi connectivity index (χ1) is 10.0. The van der Waals surface area contributed by atoms with Gasteiger partial charge in [-0.1, -0.05) is 0 Å². The minimum Gasteiger partial charge on any atom is -0.396 e. The fourth-order valence-corrected chi connectivity index (χ4v) is 4.62. The van der Waals surface area contributed by atoms with Crippen molar-refractivity contribution in [1.29, 1.82) is 0 Å². The maximum absolute atomic E-state index is 9.34. The monoisotopic (exact) mass is 333 g/mol. The molecule has 1 heterocycles. The van der Waals surface area contributed by atoms with Gasteiger partial charge < -0.3 is 25.4 Å². The second kappa shape index (κ2) is 9.15. The SMILES string of the molecule is CO[Si](CO)(CCCSCCc1nc(N)nc(N)n1)OC. The van der Waals surface area contributed by atoms with Crippen LogP contribution in [0.5, 0.6) is 0 Å². The third kappa shape index (κ3) is 6.14. The summed E-state index contributed by atoms with van der Waals surface area (Å²) in [5.41, 5.74) is 11.0. The van der Waals surface area contributed by atoms with Crippen molar-refractivity contribution in [2.45, 2.75) is 18.9 Å². The van der Waals surface area contributed by atoms with Crippen LogP contribution < -0.4 is 11.5 Å². The molecule has 120 valence electrons. The summed E-state index contributed by atoms with van der Waals surface area (Å²) < 4.78 is 10.7. The number of aliphatic hydroxyl groups excluding tert-OH is 1. The lowest BCUT2D eigenvalue weighted by Gasteiger charge is -2.24. The number of aromatic nitrogens is 3. The van der Waals surface area contributed by atoms with Crippen LogP contribution in [0.2, 0.25) is 6.04 Å². The fraction of sp³-hybridized carbons (Fsp3) is 0.727. The third-order valence-corrected chi connectivity index (χ3v) is 7.17. The highest BCUT2D eigenvalue weighted by Gasteiger charge is 2.33. The molecule has 21 heavy (non-hydrogen) atoms. The molecule has 0 saturated heterocycles. The van der Waals surface area contributed by atoms with Crippen molar-refractivity contribution >= 4 is 32.2 Å². The van der Waals surface area contributed by atoms with Gasteiger partial charge in [0.25, 0.3) is 0 Å². The Labute approximate surface area is 129 Å². The van der Waals surface area contributed by atoms with Gasteiger partial charge in [-0.2, -0.15) is 26.7 Å². The Bertz CT molecular complexity index is 408. The van der Waals surface area contributed by atoms with Gasteiger partial charge in [0.1, 0.15) is 5.82 Å². The Hall–Kier alpha value is -0.943. The smallest absolute Gasteiger partial charge is 0.364 e. The van der Waals surface area contributed by atoms with E-state index in [0.717, 1.165) is 24.0 Å². The van der Waals surface area contributed by atoms with E-state index in [0.29, 0.717) is 12.2 Å². The molecule has 10 heteroatoms. The first kappa shape index (κ1) is 18.1. The maximum atomic E-state index is 9.34. The summed E-state index contributed by atoms with van der Waals surface area (Å²) in [5, 5.41) is 9.34. The molecular formula is C11H23N5O3SSi. The molecule has 0 aliphatic rings. The Morgan fingerprint density at radius 3 is 2.24 bits per heavy atom. The zero-order chi connectivity index (χ0) is 15.7. The van der Waals surface area contributed by atoms with Gasteiger partial charge >= 0.3 is 8.56 Å². The molecule has 0 radical (unpaired) electrons. The van der Waals surface area contributed by atoms with Crippen LogP contribution in [0.3, 0.4) is 0 Å². The molecule has 8 nitrogen and oxygen atoms in total. The van der Waals surface area contributed by atoms with Crippen LogP contribution in [0, 0.1) is 0 Å². The minimum atomic E-state index is -2.38. The van der Waals surface area contributed by atoms with Crippen LogP contribution in [0.15, 0.2) is 0 Å². The number of thioether (sulfide) groups is 1. The number of nitrogens with zero attached hydrogens (tertiary/aromatic N) is 3. The highest BCUT2D eigenvalue weighted by Crippen LogP contribution is 2.16. The summed E-state index contributed by atoms with van der Waals surface area (Å²) >= 11 is 1.78. The molecule has 0 aromatic carbocycles. The summed E-state index contributed by atoms with van der Waals surface area (Å²) in [6.07, 6.45) is 1.60. The number of aryl methyl sites for hydroxylation is 1. The molecule has 5 N–H and O–H groups in total. The van der Waals surface area contributed by atoms with Crippen molar-refractivity contribution in [3.8, 4) is 0 Å². The molecule has 0 amide bonds. The second-order valence-electron chi connectivity index (χ2n) is 4.41. The molecule has 1 rings (SSSR count). The van der Waals surface area contributed by atoms with E-state index < -0.39 is 8.56 Å². The fourth-order valence-electron chi connectivity index (χ4n) is 1.77. The first-order valence-electron chi connectivity index (χ1n) is 6.60. The highest BCUT2D eigenvalue weighted by atomic mass is 32.2. The Morgan fingerprint density at radius 2 is 1.71 bits per heavy atom. The van der Waals surface area contributed by atoms with Crippen LogP contribution >= 0.6 is 11.8 Å². The molecule has 1 aromatic heterocycles. The van der Waals surface area contributed by atoms with E-state index in [4.69, 9.17) is 20.3 Å². The predicted molar refractivity (Wildman–Crippen MR) is 86.0 cm³/mol. The molecule has 0 fully saturated rings. The summed E-state index contributed by atoms with van der Waals surface area (Å²) in [7, 11) is 0.804. The molecule has 0 bridgehead atoms. The minimum absolute atomic E-state index is 0.0198. The Morgan fingerprint density at radius 1 is 1.10 bits per heavy atom. The van der Waals surface area contributed by atoms with Crippen molar-refractivity contribution in [1.82, 2.24) is 15.0 Å². The normalized spacial score (nSPS) is 11.8. The van der Waals surface area contributed by atoms with Crippen LogP contribution in [-0.2, 0) is 15.3 Å².